The highest BCUT2D eigenvalue weighted by atomic mass is 16.1. The number of hydrogen-bond donors (Lipinski definition) is 0. The molecule has 1 heteroatoms. The van der Waals surface area contributed by atoms with Gasteiger partial charge >= 0.3 is 0 Å². The molecule has 2 aliphatic rings. The van der Waals surface area contributed by atoms with Crippen LogP contribution >= 0.6 is 0 Å². The number of Topliss-reactive ketones (excluding diaryl/α,β-unsaturated/α-hetero) is 1. The molecule has 3 atom stereocenters. The molecule has 3 unspecified atom stereocenters. The Bertz CT molecular complexity index is 277. The standard InChI is InChI=1S/C14H22O/c1-10-3-6-12(7-4-10)13-9-11(2)5-8-14(13)15/h6,10-11,13H,3-5,7-9H2,1-2H3. The highest BCUT2D eigenvalue weighted by Gasteiger charge is 2.30. The number of carbonyl (C=O) groups is 1. The van der Waals surface area contributed by atoms with Gasteiger partial charge in [0.05, 0.1) is 0 Å². The molecule has 1 fully saturated rings. The lowest BCUT2D eigenvalue weighted by atomic mass is 9.74. The molecule has 84 valence electrons. The Labute approximate surface area is 92.9 Å². The molecule has 0 spiro atoms. The van der Waals surface area contributed by atoms with Gasteiger partial charge in [-0.1, -0.05) is 25.5 Å². The minimum Gasteiger partial charge on any atom is -0.299 e. The predicted octanol–water partition coefficient (Wildman–Crippen LogP) is 3.74. The Hall–Kier alpha value is -0.590. The summed E-state index contributed by atoms with van der Waals surface area (Å²) >= 11 is 0. The second-order valence-corrected chi connectivity index (χ2v) is 5.56. The molecule has 0 aromatic heterocycles. The van der Waals surface area contributed by atoms with E-state index in [0.717, 1.165) is 31.1 Å². The topological polar surface area (TPSA) is 17.1 Å². The van der Waals surface area contributed by atoms with Crippen LogP contribution < -0.4 is 0 Å². The fourth-order valence-corrected chi connectivity index (χ4v) is 2.87. The zero-order chi connectivity index (χ0) is 10.8. The van der Waals surface area contributed by atoms with E-state index < -0.39 is 0 Å². The third kappa shape index (κ3) is 2.50. The fraction of sp³-hybridized carbons (Fsp3) is 0.786. The summed E-state index contributed by atoms with van der Waals surface area (Å²) in [5.41, 5.74) is 1.46. The first kappa shape index (κ1) is 10.9. The Balaban J connectivity index is 2.05. The molecule has 0 aromatic carbocycles. The van der Waals surface area contributed by atoms with Crippen molar-refractivity contribution < 1.29 is 4.79 Å². The molecule has 15 heavy (non-hydrogen) atoms. The Morgan fingerprint density at radius 3 is 2.53 bits per heavy atom. The maximum atomic E-state index is 11.9. The summed E-state index contributed by atoms with van der Waals surface area (Å²) in [6, 6.07) is 0. The molecule has 0 radical (unpaired) electrons. The van der Waals surface area contributed by atoms with Gasteiger partial charge in [0.15, 0.2) is 0 Å². The summed E-state index contributed by atoms with van der Waals surface area (Å²) in [6.45, 7) is 4.59. The smallest absolute Gasteiger partial charge is 0.140 e. The Morgan fingerprint density at radius 2 is 1.87 bits per heavy atom. The molecule has 1 saturated carbocycles. The van der Waals surface area contributed by atoms with Crippen LogP contribution in [0.1, 0.15) is 52.4 Å². The van der Waals surface area contributed by atoms with Gasteiger partial charge in [0.1, 0.15) is 5.78 Å². The molecule has 2 aliphatic carbocycles. The maximum absolute atomic E-state index is 11.9. The van der Waals surface area contributed by atoms with Gasteiger partial charge in [0.25, 0.3) is 0 Å². The van der Waals surface area contributed by atoms with E-state index in [0.29, 0.717) is 11.7 Å². The van der Waals surface area contributed by atoms with E-state index in [2.05, 4.69) is 19.9 Å². The van der Waals surface area contributed by atoms with Gasteiger partial charge < -0.3 is 0 Å². The summed E-state index contributed by atoms with van der Waals surface area (Å²) in [5, 5.41) is 0. The minimum absolute atomic E-state index is 0.293. The predicted molar refractivity (Wildman–Crippen MR) is 62.6 cm³/mol. The van der Waals surface area contributed by atoms with Crippen LogP contribution in [0.2, 0.25) is 0 Å². The van der Waals surface area contributed by atoms with Crippen molar-refractivity contribution >= 4 is 5.78 Å². The van der Waals surface area contributed by atoms with Crippen molar-refractivity contribution in [1.29, 1.82) is 0 Å². The zero-order valence-electron chi connectivity index (χ0n) is 9.96. The Morgan fingerprint density at radius 1 is 1.13 bits per heavy atom. The molecule has 0 aliphatic heterocycles. The maximum Gasteiger partial charge on any atom is 0.140 e. The average Bonchev–Trinajstić information content (AvgIpc) is 2.23. The van der Waals surface area contributed by atoms with Crippen molar-refractivity contribution in [3.8, 4) is 0 Å². The average molecular weight is 206 g/mol. The molecule has 0 aromatic rings. The number of allylic oxidation sites excluding steroid dienone is 2. The largest absolute Gasteiger partial charge is 0.299 e. The number of ketones is 1. The molecule has 1 nitrogen and oxygen atoms in total. The summed E-state index contributed by atoms with van der Waals surface area (Å²) in [5.74, 6) is 2.37. The van der Waals surface area contributed by atoms with E-state index in [1.165, 1.54) is 24.8 Å². The summed E-state index contributed by atoms with van der Waals surface area (Å²) in [7, 11) is 0. The fourth-order valence-electron chi connectivity index (χ4n) is 2.87. The molecular weight excluding hydrogens is 184 g/mol. The first-order chi connectivity index (χ1) is 7.16. The van der Waals surface area contributed by atoms with Gasteiger partial charge in [0, 0.05) is 12.3 Å². The van der Waals surface area contributed by atoms with E-state index >= 15 is 0 Å². The highest BCUT2D eigenvalue weighted by Crippen LogP contribution is 2.36. The van der Waals surface area contributed by atoms with E-state index in [1.54, 1.807) is 0 Å². The SMILES string of the molecule is CC1CC=C(C2CC(C)CCC2=O)CC1. The number of carbonyl (C=O) groups excluding carboxylic acids is 1. The number of rotatable bonds is 1. The van der Waals surface area contributed by atoms with Crippen molar-refractivity contribution in [2.75, 3.05) is 0 Å². The van der Waals surface area contributed by atoms with Crippen molar-refractivity contribution in [2.45, 2.75) is 52.4 Å². The van der Waals surface area contributed by atoms with Gasteiger partial charge in [0.2, 0.25) is 0 Å². The first-order valence-corrected chi connectivity index (χ1v) is 6.38. The summed E-state index contributed by atoms with van der Waals surface area (Å²) in [4.78, 5) is 11.9. The van der Waals surface area contributed by atoms with Crippen LogP contribution in [0, 0.1) is 17.8 Å². The molecule has 2 rings (SSSR count). The second kappa shape index (κ2) is 4.51. The lowest BCUT2D eigenvalue weighted by molar-refractivity contribution is -0.124. The van der Waals surface area contributed by atoms with E-state index in [1.807, 2.05) is 0 Å². The quantitative estimate of drug-likeness (QED) is 0.597. The normalized spacial score (nSPS) is 37.6. The van der Waals surface area contributed by atoms with E-state index in [-0.39, 0.29) is 0 Å². The molecule has 0 N–H and O–H groups in total. The van der Waals surface area contributed by atoms with Crippen LogP contribution in [0.25, 0.3) is 0 Å². The van der Waals surface area contributed by atoms with Gasteiger partial charge in [-0.05, 0) is 43.9 Å². The lowest BCUT2D eigenvalue weighted by Gasteiger charge is -2.30. The highest BCUT2D eigenvalue weighted by molar-refractivity contribution is 5.84. The van der Waals surface area contributed by atoms with Crippen LogP contribution in [-0.4, -0.2) is 5.78 Å². The van der Waals surface area contributed by atoms with Crippen molar-refractivity contribution in [1.82, 2.24) is 0 Å². The van der Waals surface area contributed by atoms with Crippen LogP contribution in [0.5, 0.6) is 0 Å². The third-order valence-electron chi connectivity index (χ3n) is 4.07. The van der Waals surface area contributed by atoms with Gasteiger partial charge in [-0.2, -0.15) is 0 Å². The molecule has 0 bridgehead atoms. The van der Waals surface area contributed by atoms with Gasteiger partial charge in [-0.15, -0.1) is 0 Å². The van der Waals surface area contributed by atoms with E-state index in [9.17, 15) is 4.79 Å². The van der Waals surface area contributed by atoms with Crippen molar-refractivity contribution in [3.63, 3.8) is 0 Å². The summed E-state index contributed by atoms with van der Waals surface area (Å²) in [6.07, 6.45) is 9.04. The van der Waals surface area contributed by atoms with Crippen LogP contribution in [0.4, 0.5) is 0 Å². The van der Waals surface area contributed by atoms with Gasteiger partial charge in [-0.3, -0.25) is 4.79 Å². The first-order valence-electron chi connectivity index (χ1n) is 6.38. The van der Waals surface area contributed by atoms with Crippen molar-refractivity contribution in [3.05, 3.63) is 11.6 Å². The molecular formula is C14H22O. The molecule has 0 amide bonds. The number of hydrogen-bond acceptors (Lipinski definition) is 1. The van der Waals surface area contributed by atoms with Crippen LogP contribution in [0.3, 0.4) is 0 Å². The van der Waals surface area contributed by atoms with Crippen LogP contribution in [0.15, 0.2) is 11.6 Å². The Kier molecular flexibility index (Phi) is 3.28. The minimum atomic E-state index is 0.293. The molecule has 0 heterocycles. The van der Waals surface area contributed by atoms with Crippen LogP contribution in [-0.2, 0) is 4.79 Å². The van der Waals surface area contributed by atoms with E-state index in [4.69, 9.17) is 0 Å². The lowest BCUT2D eigenvalue weighted by Crippen LogP contribution is -2.26. The molecule has 0 saturated heterocycles. The third-order valence-corrected chi connectivity index (χ3v) is 4.07. The summed E-state index contributed by atoms with van der Waals surface area (Å²) < 4.78 is 0. The second-order valence-electron chi connectivity index (χ2n) is 5.56. The zero-order valence-corrected chi connectivity index (χ0v) is 9.96. The van der Waals surface area contributed by atoms with Crippen molar-refractivity contribution in [2.24, 2.45) is 17.8 Å². The monoisotopic (exact) mass is 206 g/mol. The van der Waals surface area contributed by atoms with Gasteiger partial charge in [-0.25, -0.2) is 0 Å².